The van der Waals surface area contributed by atoms with E-state index in [2.05, 4.69) is 6.92 Å². The molecule has 4 aliphatic carbocycles. The van der Waals surface area contributed by atoms with Crippen molar-refractivity contribution in [3.8, 4) is 0 Å². The fourth-order valence-electron chi connectivity index (χ4n) is 6.97. The standard InChI is InChI=1S/C19H28F2O/c1-17-8-5-13(22)11-12(17)3-4-14-15(17)6-9-18(2)16(14)7-10-19(18,20)21/h12,14-16H,3-11H2,1-2H3/t12?,14-,15+,16+,17+,18+/m1/s1. The highest BCUT2D eigenvalue weighted by molar-refractivity contribution is 5.79. The van der Waals surface area contributed by atoms with Crippen LogP contribution in [0.15, 0.2) is 0 Å². The largest absolute Gasteiger partial charge is 0.300 e. The fourth-order valence-corrected chi connectivity index (χ4v) is 6.97. The second-order valence-corrected chi connectivity index (χ2v) is 9.10. The first-order chi connectivity index (χ1) is 10.3. The van der Waals surface area contributed by atoms with Crippen LogP contribution in [0.1, 0.15) is 71.6 Å². The molecule has 3 heteroatoms. The van der Waals surface area contributed by atoms with Crippen molar-refractivity contribution in [3.63, 3.8) is 0 Å². The topological polar surface area (TPSA) is 17.1 Å². The molecule has 0 aromatic heterocycles. The molecule has 0 amide bonds. The van der Waals surface area contributed by atoms with E-state index in [9.17, 15) is 13.6 Å². The zero-order valence-corrected chi connectivity index (χ0v) is 13.8. The van der Waals surface area contributed by atoms with Crippen LogP contribution in [-0.4, -0.2) is 11.7 Å². The van der Waals surface area contributed by atoms with Gasteiger partial charge in [-0.2, -0.15) is 0 Å². The maximum Gasteiger partial charge on any atom is 0.253 e. The van der Waals surface area contributed by atoms with E-state index in [4.69, 9.17) is 0 Å². The summed E-state index contributed by atoms with van der Waals surface area (Å²) in [4.78, 5) is 11.8. The molecule has 0 aromatic rings. The van der Waals surface area contributed by atoms with E-state index in [1.807, 2.05) is 6.92 Å². The average Bonchev–Trinajstić information content (AvgIpc) is 2.70. The van der Waals surface area contributed by atoms with Crippen LogP contribution in [0.5, 0.6) is 0 Å². The van der Waals surface area contributed by atoms with Crippen molar-refractivity contribution in [3.05, 3.63) is 0 Å². The van der Waals surface area contributed by atoms with Crippen LogP contribution in [0.2, 0.25) is 0 Å². The summed E-state index contributed by atoms with van der Waals surface area (Å²) in [5, 5.41) is 0. The minimum atomic E-state index is -2.47. The molecule has 0 spiro atoms. The maximum atomic E-state index is 14.5. The first kappa shape index (κ1) is 15.1. The van der Waals surface area contributed by atoms with Crippen LogP contribution in [0.25, 0.3) is 0 Å². The molecule has 4 saturated carbocycles. The lowest BCUT2D eigenvalue weighted by atomic mass is 9.45. The minimum Gasteiger partial charge on any atom is -0.300 e. The Morgan fingerprint density at radius 3 is 2.45 bits per heavy atom. The number of halogens is 2. The summed E-state index contributed by atoms with van der Waals surface area (Å²) in [7, 11) is 0. The van der Waals surface area contributed by atoms with Gasteiger partial charge in [0.2, 0.25) is 0 Å². The van der Waals surface area contributed by atoms with Crippen LogP contribution < -0.4 is 0 Å². The Morgan fingerprint density at radius 2 is 1.68 bits per heavy atom. The number of carbonyl (C=O) groups excluding carboxylic acids is 1. The predicted molar refractivity (Wildman–Crippen MR) is 81.7 cm³/mol. The molecule has 0 N–H and O–H groups in total. The Morgan fingerprint density at radius 1 is 0.955 bits per heavy atom. The fraction of sp³-hybridized carbons (Fsp3) is 0.947. The summed E-state index contributed by atoms with van der Waals surface area (Å²) in [6, 6.07) is 0. The lowest BCUT2D eigenvalue weighted by Crippen LogP contribution is -2.55. The summed E-state index contributed by atoms with van der Waals surface area (Å²) in [5.41, 5.74) is -0.530. The number of carbonyl (C=O) groups is 1. The van der Waals surface area contributed by atoms with Gasteiger partial charge < -0.3 is 0 Å². The summed E-state index contributed by atoms with van der Waals surface area (Å²) >= 11 is 0. The van der Waals surface area contributed by atoms with Gasteiger partial charge in [-0.25, -0.2) is 8.78 Å². The molecule has 0 bridgehead atoms. The van der Waals surface area contributed by atoms with Crippen LogP contribution in [0.3, 0.4) is 0 Å². The number of hydrogen-bond donors (Lipinski definition) is 0. The number of alkyl halides is 2. The third-order valence-corrected chi connectivity index (χ3v) is 8.48. The van der Waals surface area contributed by atoms with E-state index in [-0.39, 0.29) is 17.8 Å². The van der Waals surface area contributed by atoms with Crippen LogP contribution in [-0.2, 0) is 4.79 Å². The number of fused-ring (bicyclic) bond motifs is 5. The third kappa shape index (κ3) is 1.77. The second-order valence-electron chi connectivity index (χ2n) is 9.10. The molecule has 0 aromatic carbocycles. The molecule has 0 radical (unpaired) electrons. The van der Waals surface area contributed by atoms with Crippen molar-refractivity contribution in [1.82, 2.24) is 0 Å². The van der Waals surface area contributed by atoms with Crippen molar-refractivity contribution in [2.75, 3.05) is 0 Å². The van der Waals surface area contributed by atoms with Crippen LogP contribution in [0.4, 0.5) is 8.78 Å². The Labute approximate surface area is 132 Å². The van der Waals surface area contributed by atoms with Gasteiger partial charge in [-0.05, 0) is 67.6 Å². The molecule has 22 heavy (non-hydrogen) atoms. The molecular weight excluding hydrogens is 282 g/mol. The summed E-state index contributed by atoms with van der Waals surface area (Å²) in [6.45, 7) is 4.23. The zero-order valence-electron chi connectivity index (χ0n) is 13.8. The summed E-state index contributed by atoms with van der Waals surface area (Å²) < 4.78 is 28.9. The number of hydrogen-bond acceptors (Lipinski definition) is 1. The van der Waals surface area contributed by atoms with E-state index >= 15 is 0 Å². The average molecular weight is 310 g/mol. The van der Waals surface area contributed by atoms with Crippen molar-refractivity contribution in [1.29, 1.82) is 0 Å². The zero-order chi connectivity index (χ0) is 15.8. The van der Waals surface area contributed by atoms with Crippen molar-refractivity contribution < 1.29 is 13.6 Å². The molecular formula is C19H28F2O. The van der Waals surface area contributed by atoms with Crippen molar-refractivity contribution in [2.24, 2.45) is 34.5 Å². The highest BCUT2D eigenvalue weighted by Gasteiger charge is 2.66. The second kappa shape index (κ2) is 4.54. The van der Waals surface area contributed by atoms with Gasteiger partial charge in [0.15, 0.2) is 0 Å². The number of Topliss-reactive ketones (excluding diaryl/α,β-unsaturated/α-hetero) is 1. The molecule has 124 valence electrons. The molecule has 0 aliphatic heterocycles. The Bertz CT molecular complexity index is 502. The molecule has 4 rings (SSSR count). The van der Waals surface area contributed by atoms with Crippen molar-refractivity contribution >= 4 is 5.78 Å². The van der Waals surface area contributed by atoms with Gasteiger partial charge in [-0.15, -0.1) is 0 Å². The molecule has 4 fully saturated rings. The first-order valence-electron chi connectivity index (χ1n) is 9.17. The van der Waals surface area contributed by atoms with Gasteiger partial charge in [0.1, 0.15) is 5.78 Å². The van der Waals surface area contributed by atoms with E-state index in [0.29, 0.717) is 42.8 Å². The van der Waals surface area contributed by atoms with Crippen LogP contribution in [0, 0.1) is 34.5 Å². The summed E-state index contributed by atoms with van der Waals surface area (Å²) in [5.74, 6) is -0.275. The Kier molecular flexibility index (Phi) is 3.11. The normalized spacial score (nSPS) is 53.5. The van der Waals surface area contributed by atoms with Gasteiger partial charge in [-0.1, -0.05) is 13.8 Å². The molecule has 1 unspecified atom stereocenters. The molecule has 0 heterocycles. The Hall–Kier alpha value is -0.470. The molecule has 1 nitrogen and oxygen atoms in total. The van der Waals surface area contributed by atoms with Gasteiger partial charge in [-0.3, -0.25) is 4.79 Å². The Balaban J connectivity index is 1.65. The highest BCUT2D eigenvalue weighted by atomic mass is 19.3. The SMILES string of the molecule is C[C@]12CCC(=O)CC1CC[C@@H]1[C@@H]2CC[C@@]2(C)[C@H]1CCC2(F)F. The highest BCUT2D eigenvalue weighted by Crippen LogP contribution is 2.69. The lowest BCUT2D eigenvalue weighted by molar-refractivity contribution is -0.170. The molecule has 6 atom stereocenters. The number of ketones is 1. The van der Waals surface area contributed by atoms with Crippen molar-refractivity contribution in [2.45, 2.75) is 77.6 Å². The van der Waals surface area contributed by atoms with Gasteiger partial charge in [0.05, 0.1) is 0 Å². The monoisotopic (exact) mass is 310 g/mol. The van der Waals surface area contributed by atoms with Gasteiger partial charge in [0, 0.05) is 24.7 Å². The lowest BCUT2D eigenvalue weighted by Gasteiger charge is -2.60. The predicted octanol–water partition coefficient (Wildman–Crippen LogP) is 5.23. The number of rotatable bonds is 0. The van der Waals surface area contributed by atoms with Gasteiger partial charge in [0.25, 0.3) is 5.92 Å². The minimum absolute atomic E-state index is 0.0933. The maximum absolute atomic E-state index is 14.5. The third-order valence-electron chi connectivity index (χ3n) is 8.48. The van der Waals surface area contributed by atoms with E-state index in [0.717, 1.165) is 32.1 Å². The van der Waals surface area contributed by atoms with Crippen LogP contribution >= 0.6 is 0 Å². The van der Waals surface area contributed by atoms with E-state index in [1.165, 1.54) is 0 Å². The molecule has 4 aliphatic rings. The quantitative estimate of drug-likeness (QED) is 0.598. The smallest absolute Gasteiger partial charge is 0.253 e. The van der Waals surface area contributed by atoms with Gasteiger partial charge >= 0.3 is 0 Å². The van der Waals surface area contributed by atoms with E-state index in [1.54, 1.807) is 0 Å². The van der Waals surface area contributed by atoms with E-state index < -0.39 is 11.3 Å². The molecule has 0 saturated heterocycles. The summed E-state index contributed by atoms with van der Waals surface area (Å²) in [6.07, 6.45) is 7.07. The first-order valence-corrected chi connectivity index (χ1v) is 9.17.